The summed E-state index contributed by atoms with van der Waals surface area (Å²) >= 11 is 0. The fourth-order valence-electron chi connectivity index (χ4n) is 4.05. The maximum atomic E-state index is 12.7. The number of nitrogens with zero attached hydrogens (tertiary/aromatic N) is 4. The summed E-state index contributed by atoms with van der Waals surface area (Å²) < 4.78 is 0. The van der Waals surface area contributed by atoms with Gasteiger partial charge in [0.2, 0.25) is 5.91 Å². The van der Waals surface area contributed by atoms with Gasteiger partial charge in [0.15, 0.2) is 0 Å². The highest BCUT2D eigenvalue weighted by atomic mass is 16.2. The van der Waals surface area contributed by atoms with E-state index < -0.39 is 0 Å². The van der Waals surface area contributed by atoms with E-state index in [-0.39, 0.29) is 5.92 Å². The molecular formula is C22H27N5O. The van der Waals surface area contributed by atoms with Gasteiger partial charge in [0.1, 0.15) is 11.6 Å². The van der Waals surface area contributed by atoms with Crippen LogP contribution in [0.2, 0.25) is 0 Å². The first kappa shape index (κ1) is 18.6. The molecule has 1 N–H and O–H groups in total. The van der Waals surface area contributed by atoms with Crippen LogP contribution in [-0.4, -0.2) is 38.8 Å². The summed E-state index contributed by atoms with van der Waals surface area (Å²) in [7, 11) is 0. The number of aromatic nitrogens is 3. The van der Waals surface area contributed by atoms with E-state index in [0.717, 1.165) is 62.4 Å². The number of hydrogen-bond donors (Lipinski definition) is 1. The highest BCUT2D eigenvalue weighted by Crippen LogP contribution is 2.29. The van der Waals surface area contributed by atoms with Crippen molar-refractivity contribution in [1.82, 2.24) is 19.9 Å². The van der Waals surface area contributed by atoms with Crippen LogP contribution in [0.1, 0.15) is 49.4 Å². The second kappa shape index (κ2) is 8.50. The number of amides is 1. The minimum Gasteiger partial charge on any atom is -0.342 e. The fraction of sp³-hybridized carbons (Fsp3) is 0.455. The van der Waals surface area contributed by atoms with Crippen LogP contribution in [-0.2, 0) is 4.79 Å². The maximum Gasteiger partial charge on any atom is 0.226 e. The third kappa shape index (κ3) is 4.38. The van der Waals surface area contributed by atoms with E-state index in [1.54, 1.807) is 6.20 Å². The van der Waals surface area contributed by atoms with Gasteiger partial charge in [0.05, 0.1) is 11.9 Å². The molecule has 146 valence electrons. The van der Waals surface area contributed by atoms with Crippen molar-refractivity contribution in [3.8, 4) is 0 Å². The van der Waals surface area contributed by atoms with E-state index >= 15 is 0 Å². The number of allylic oxidation sites excluding steroid dienone is 2. The number of carbonyl (C=O) groups excluding carboxylic acids is 1. The molecule has 1 amide bonds. The second-order valence-electron chi connectivity index (χ2n) is 7.70. The second-order valence-corrected chi connectivity index (χ2v) is 7.70. The molecule has 1 saturated heterocycles. The van der Waals surface area contributed by atoms with Crippen LogP contribution >= 0.6 is 0 Å². The average Bonchev–Trinajstić information content (AvgIpc) is 2.74. The van der Waals surface area contributed by atoms with Crippen LogP contribution < -0.4 is 5.32 Å². The number of nitrogens with one attached hydrogen (secondary N) is 1. The Hall–Kier alpha value is -2.76. The number of likely N-dealkylation sites (tertiary alicyclic amines) is 1. The summed E-state index contributed by atoms with van der Waals surface area (Å²) in [6, 6.07) is 5.86. The molecule has 0 aromatic carbocycles. The number of piperidine rings is 1. The van der Waals surface area contributed by atoms with Gasteiger partial charge in [0, 0.05) is 36.8 Å². The molecule has 4 rings (SSSR count). The molecule has 2 aromatic rings. The van der Waals surface area contributed by atoms with Crippen LogP contribution in [0.5, 0.6) is 0 Å². The molecule has 2 aliphatic rings. The van der Waals surface area contributed by atoms with Gasteiger partial charge in [-0.3, -0.25) is 9.78 Å². The molecule has 0 radical (unpaired) electrons. The summed E-state index contributed by atoms with van der Waals surface area (Å²) in [4.78, 5) is 28.4. The van der Waals surface area contributed by atoms with Crippen molar-refractivity contribution < 1.29 is 4.79 Å². The molecule has 1 unspecified atom stereocenters. The van der Waals surface area contributed by atoms with E-state index in [1.807, 2.05) is 36.2 Å². The number of anilines is 2. The quantitative estimate of drug-likeness (QED) is 0.816. The third-order valence-corrected chi connectivity index (χ3v) is 5.64. The Kier molecular flexibility index (Phi) is 5.65. The number of pyridine rings is 1. The van der Waals surface area contributed by atoms with Crippen molar-refractivity contribution >= 4 is 17.5 Å². The summed E-state index contributed by atoms with van der Waals surface area (Å²) in [6.07, 6.45) is 12.7. The zero-order valence-electron chi connectivity index (χ0n) is 16.3. The van der Waals surface area contributed by atoms with Crippen LogP contribution in [0.3, 0.4) is 0 Å². The molecule has 0 saturated carbocycles. The van der Waals surface area contributed by atoms with E-state index in [4.69, 9.17) is 4.98 Å². The van der Waals surface area contributed by atoms with Gasteiger partial charge in [-0.25, -0.2) is 9.97 Å². The van der Waals surface area contributed by atoms with E-state index in [1.165, 1.54) is 0 Å². The predicted molar refractivity (Wildman–Crippen MR) is 109 cm³/mol. The molecule has 6 heteroatoms. The Morgan fingerprint density at radius 2 is 1.93 bits per heavy atom. The minimum absolute atomic E-state index is 0.177. The van der Waals surface area contributed by atoms with Crippen molar-refractivity contribution in [2.45, 2.75) is 44.9 Å². The van der Waals surface area contributed by atoms with Gasteiger partial charge in [-0.2, -0.15) is 0 Å². The molecule has 0 bridgehead atoms. The number of aryl methyl sites for hydroxylation is 1. The van der Waals surface area contributed by atoms with E-state index in [9.17, 15) is 4.79 Å². The van der Waals surface area contributed by atoms with Gasteiger partial charge in [0.25, 0.3) is 0 Å². The van der Waals surface area contributed by atoms with Gasteiger partial charge < -0.3 is 10.2 Å². The molecule has 1 atom stereocenters. The Balaban J connectivity index is 1.37. The van der Waals surface area contributed by atoms with Gasteiger partial charge >= 0.3 is 0 Å². The Morgan fingerprint density at radius 3 is 2.68 bits per heavy atom. The Labute approximate surface area is 166 Å². The Bertz CT molecular complexity index is 858. The van der Waals surface area contributed by atoms with Crippen molar-refractivity contribution in [2.75, 3.05) is 18.4 Å². The maximum absolute atomic E-state index is 12.7. The zero-order chi connectivity index (χ0) is 19.3. The van der Waals surface area contributed by atoms with Crippen LogP contribution in [0.15, 0.2) is 42.7 Å². The molecule has 2 aromatic heterocycles. The Morgan fingerprint density at radius 1 is 1.07 bits per heavy atom. The molecule has 1 aliphatic carbocycles. The molecule has 3 heterocycles. The standard InChI is InChI=1S/C22H27N5O/c1-16-6-5-9-20(24-16)26-21-15-23-14-19(25-21)17-10-12-27(13-11-17)22(28)18-7-3-2-4-8-18/h2-3,5-6,9,14-15,17-18H,4,7-8,10-13H2,1H3,(H,24,25,26). The molecule has 0 spiro atoms. The lowest BCUT2D eigenvalue weighted by atomic mass is 9.90. The van der Waals surface area contributed by atoms with Crippen LogP contribution in [0.25, 0.3) is 0 Å². The third-order valence-electron chi connectivity index (χ3n) is 5.64. The fourth-order valence-corrected chi connectivity index (χ4v) is 4.05. The van der Waals surface area contributed by atoms with Gasteiger partial charge in [-0.15, -0.1) is 0 Å². The largest absolute Gasteiger partial charge is 0.342 e. The van der Waals surface area contributed by atoms with Crippen molar-refractivity contribution in [3.63, 3.8) is 0 Å². The summed E-state index contributed by atoms with van der Waals surface area (Å²) in [5.74, 6) is 2.33. The molecule has 6 nitrogen and oxygen atoms in total. The predicted octanol–water partition coefficient (Wildman–Crippen LogP) is 3.99. The first-order valence-corrected chi connectivity index (χ1v) is 10.2. The van der Waals surface area contributed by atoms with E-state index in [0.29, 0.717) is 17.6 Å². The topological polar surface area (TPSA) is 71.0 Å². The molecular weight excluding hydrogens is 350 g/mol. The molecule has 1 aliphatic heterocycles. The van der Waals surface area contributed by atoms with Gasteiger partial charge in [-0.1, -0.05) is 18.2 Å². The normalized spacial score (nSPS) is 20.2. The number of carbonyl (C=O) groups is 1. The summed E-state index contributed by atoms with van der Waals surface area (Å²) in [6.45, 7) is 3.58. The summed E-state index contributed by atoms with van der Waals surface area (Å²) in [5, 5.41) is 3.24. The number of hydrogen-bond acceptors (Lipinski definition) is 5. The highest BCUT2D eigenvalue weighted by Gasteiger charge is 2.29. The highest BCUT2D eigenvalue weighted by molar-refractivity contribution is 5.79. The van der Waals surface area contributed by atoms with Crippen molar-refractivity contribution in [1.29, 1.82) is 0 Å². The number of rotatable bonds is 4. The molecule has 1 fully saturated rings. The van der Waals surface area contributed by atoms with Crippen LogP contribution in [0, 0.1) is 12.8 Å². The van der Waals surface area contributed by atoms with Crippen molar-refractivity contribution in [2.24, 2.45) is 5.92 Å². The summed E-state index contributed by atoms with van der Waals surface area (Å²) in [5.41, 5.74) is 1.95. The first-order chi connectivity index (χ1) is 13.7. The van der Waals surface area contributed by atoms with Gasteiger partial charge in [-0.05, 0) is 51.2 Å². The average molecular weight is 377 g/mol. The van der Waals surface area contributed by atoms with Crippen LogP contribution in [0.4, 0.5) is 11.6 Å². The molecule has 28 heavy (non-hydrogen) atoms. The minimum atomic E-state index is 0.177. The van der Waals surface area contributed by atoms with Crippen molar-refractivity contribution in [3.05, 3.63) is 54.1 Å². The smallest absolute Gasteiger partial charge is 0.226 e. The zero-order valence-corrected chi connectivity index (χ0v) is 16.3. The first-order valence-electron chi connectivity index (χ1n) is 10.2. The lowest BCUT2D eigenvalue weighted by Crippen LogP contribution is -2.41. The SMILES string of the molecule is Cc1cccc(Nc2cncc(C3CCN(C(=O)C4CC=CCC4)CC3)n2)n1. The monoisotopic (exact) mass is 377 g/mol. The lowest BCUT2D eigenvalue weighted by molar-refractivity contribution is -0.136. The lowest BCUT2D eigenvalue weighted by Gasteiger charge is -2.34. The van der Waals surface area contributed by atoms with E-state index in [2.05, 4.69) is 27.4 Å².